The monoisotopic (exact) mass is 245 g/mol. The molecule has 4 heteroatoms. The number of ether oxygens (including phenoxy) is 1. The van der Waals surface area contributed by atoms with Gasteiger partial charge in [-0.05, 0) is 30.7 Å². The van der Waals surface area contributed by atoms with Crippen molar-refractivity contribution >= 4 is 16.9 Å². The van der Waals surface area contributed by atoms with Crippen LogP contribution in [0.15, 0.2) is 24.3 Å². The number of carbonyl (C=O) groups excluding carboxylic acids is 1. The average molecular weight is 245 g/mol. The molecule has 1 unspecified atom stereocenters. The highest BCUT2D eigenvalue weighted by atomic mass is 16.5. The highest BCUT2D eigenvalue weighted by Gasteiger charge is 2.27. The second kappa shape index (κ2) is 4.05. The van der Waals surface area contributed by atoms with Crippen molar-refractivity contribution in [3.8, 4) is 5.75 Å². The number of esters is 1. The van der Waals surface area contributed by atoms with E-state index in [2.05, 4.69) is 10.6 Å². The highest BCUT2D eigenvalue weighted by molar-refractivity contribution is 5.83. The number of benzene rings is 1. The van der Waals surface area contributed by atoms with Crippen molar-refractivity contribution in [3.05, 3.63) is 30.0 Å². The number of methoxy groups -OCH3 is 1. The molecule has 94 valence electrons. The summed E-state index contributed by atoms with van der Waals surface area (Å²) in [5.74, 6) is 0.338. The molecule has 1 atom stereocenters. The molecule has 0 saturated carbocycles. The van der Waals surface area contributed by atoms with E-state index in [-0.39, 0.29) is 17.6 Å². The lowest BCUT2D eigenvalue weighted by Gasteiger charge is -2.06. The van der Waals surface area contributed by atoms with Gasteiger partial charge in [-0.3, -0.25) is 4.79 Å². The molecule has 0 spiro atoms. The molecule has 4 nitrogen and oxygen atoms in total. The van der Waals surface area contributed by atoms with Gasteiger partial charge in [0.25, 0.3) is 0 Å². The predicted octanol–water partition coefficient (Wildman–Crippen LogP) is 2.40. The van der Waals surface area contributed by atoms with Crippen LogP contribution in [0.1, 0.15) is 24.5 Å². The summed E-state index contributed by atoms with van der Waals surface area (Å²) in [7, 11) is 1.42. The van der Waals surface area contributed by atoms with E-state index >= 15 is 0 Å². The topological polar surface area (TPSA) is 51.5 Å². The Balaban J connectivity index is 2.01. The van der Waals surface area contributed by atoms with Gasteiger partial charge in [0.05, 0.1) is 13.5 Å². The number of aryl methyl sites for hydroxylation is 1. The molecule has 1 aromatic carbocycles. The van der Waals surface area contributed by atoms with E-state index in [4.69, 9.17) is 4.74 Å². The Labute approximate surface area is 105 Å². The third-order valence-corrected chi connectivity index (χ3v) is 3.68. The minimum atomic E-state index is -0.165. The van der Waals surface area contributed by atoms with Crippen molar-refractivity contribution < 1.29 is 14.6 Å². The van der Waals surface area contributed by atoms with Gasteiger partial charge >= 0.3 is 5.97 Å². The Morgan fingerprint density at radius 1 is 1.50 bits per heavy atom. The number of nitrogens with zero attached hydrogens (tertiary/aromatic N) is 1. The molecule has 1 N–H and O–H groups in total. The maximum atomic E-state index is 11.4. The van der Waals surface area contributed by atoms with E-state index < -0.39 is 0 Å². The molecule has 1 aromatic heterocycles. The van der Waals surface area contributed by atoms with E-state index in [1.54, 1.807) is 12.1 Å². The lowest BCUT2D eigenvalue weighted by molar-refractivity contribution is -0.141. The summed E-state index contributed by atoms with van der Waals surface area (Å²) in [5.41, 5.74) is 2.29. The fourth-order valence-electron chi connectivity index (χ4n) is 2.79. The molecule has 0 radical (unpaired) electrons. The zero-order valence-corrected chi connectivity index (χ0v) is 10.2. The lowest BCUT2D eigenvalue weighted by Crippen LogP contribution is -2.06. The van der Waals surface area contributed by atoms with E-state index in [9.17, 15) is 9.90 Å². The minimum absolute atomic E-state index is 0.165. The Morgan fingerprint density at radius 2 is 2.33 bits per heavy atom. The standard InChI is InChI=1S/C14H15NO3/c1-18-14(17)8-9-4-5-15-12-3-2-11(16)6-10(12)7-13(9)15/h2-3,6-7,9,16H,4-5,8H2,1H3. The van der Waals surface area contributed by atoms with Crippen LogP contribution in [0.4, 0.5) is 0 Å². The van der Waals surface area contributed by atoms with Crippen molar-refractivity contribution in [3.63, 3.8) is 0 Å². The van der Waals surface area contributed by atoms with Crippen LogP contribution in [0, 0.1) is 0 Å². The van der Waals surface area contributed by atoms with Crippen LogP contribution >= 0.6 is 0 Å². The van der Waals surface area contributed by atoms with Crippen LogP contribution in [-0.4, -0.2) is 22.8 Å². The number of aromatic nitrogens is 1. The zero-order valence-electron chi connectivity index (χ0n) is 10.2. The van der Waals surface area contributed by atoms with Crippen LogP contribution in [0.2, 0.25) is 0 Å². The largest absolute Gasteiger partial charge is 0.508 e. The first-order valence-corrected chi connectivity index (χ1v) is 6.08. The molecule has 0 aliphatic carbocycles. The van der Waals surface area contributed by atoms with Crippen molar-refractivity contribution in [2.24, 2.45) is 0 Å². The average Bonchev–Trinajstić information content (AvgIpc) is 2.88. The molecule has 18 heavy (non-hydrogen) atoms. The van der Waals surface area contributed by atoms with Crippen molar-refractivity contribution in [2.45, 2.75) is 25.3 Å². The summed E-state index contributed by atoms with van der Waals surface area (Å²) >= 11 is 0. The first-order valence-electron chi connectivity index (χ1n) is 6.08. The van der Waals surface area contributed by atoms with Gasteiger partial charge in [0.2, 0.25) is 0 Å². The second-order valence-electron chi connectivity index (χ2n) is 4.73. The van der Waals surface area contributed by atoms with Gasteiger partial charge in [-0.25, -0.2) is 0 Å². The van der Waals surface area contributed by atoms with E-state index in [0.717, 1.165) is 23.9 Å². The molecule has 1 aliphatic rings. The molecule has 0 bridgehead atoms. The first-order chi connectivity index (χ1) is 8.69. The van der Waals surface area contributed by atoms with Crippen LogP contribution in [0.3, 0.4) is 0 Å². The minimum Gasteiger partial charge on any atom is -0.508 e. The van der Waals surface area contributed by atoms with E-state index in [1.807, 2.05) is 6.07 Å². The van der Waals surface area contributed by atoms with Crippen LogP contribution in [-0.2, 0) is 16.1 Å². The van der Waals surface area contributed by atoms with Gasteiger partial charge in [-0.2, -0.15) is 0 Å². The number of aromatic hydroxyl groups is 1. The predicted molar refractivity (Wildman–Crippen MR) is 67.6 cm³/mol. The summed E-state index contributed by atoms with van der Waals surface area (Å²) in [6.07, 6.45) is 1.40. The number of hydrogen-bond acceptors (Lipinski definition) is 3. The Morgan fingerprint density at radius 3 is 3.11 bits per heavy atom. The highest BCUT2D eigenvalue weighted by Crippen LogP contribution is 2.37. The van der Waals surface area contributed by atoms with Gasteiger partial charge in [0, 0.05) is 29.1 Å². The van der Waals surface area contributed by atoms with Crippen molar-refractivity contribution in [1.82, 2.24) is 4.57 Å². The lowest BCUT2D eigenvalue weighted by atomic mass is 10.0. The van der Waals surface area contributed by atoms with Gasteiger partial charge in [0.1, 0.15) is 5.75 Å². The summed E-state index contributed by atoms with van der Waals surface area (Å²) < 4.78 is 6.96. The third-order valence-electron chi connectivity index (χ3n) is 3.68. The SMILES string of the molecule is COC(=O)CC1CCn2c1cc1cc(O)ccc12. The van der Waals surface area contributed by atoms with Gasteiger partial charge < -0.3 is 14.4 Å². The summed E-state index contributed by atoms with van der Waals surface area (Å²) in [4.78, 5) is 11.4. The molecule has 2 heterocycles. The molecule has 0 saturated heterocycles. The van der Waals surface area contributed by atoms with Gasteiger partial charge in [-0.1, -0.05) is 0 Å². The second-order valence-corrected chi connectivity index (χ2v) is 4.73. The maximum Gasteiger partial charge on any atom is 0.306 e. The number of fused-ring (bicyclic) bond motifs is 3. The number of phenols is 1. The van der Waals surface area contributed by atoms with Crippen LogP contribution in [0.25, 0.3) is 10.9 Å². The summed E-state index contributed by atoms with van der Waals surface area (Å²) in [5, 5.41) is 10.5. The van der Waals surface area contributed by atoms with Crippen LogP contribution in [0.5, 0.6) is 5.75 Å². The molecule has 2 aromatic rings. The van der Waals surface area contributed by atoms with Crippen molar-refractivity contribution in [1.29, 1.82) is 0 Å². The Kier molecular flexibility index (Phi) is 2.51. The van der Waals surface area contributed by atoms with E-state index in [0.29, 0.717) is 6.42 Å². The molecular weight excluding hydrogens is 230 g/mol. The summed E-state index contributed by atoms with van der Waals surface area (Å²) in [6.45, 7) is 0.922. The maximum absolute atomic E-state index is 11.4. The number of carbonyl (C=O) groups is 1. The number of rotatable bonds is 2. The van der Waals surface area contributed by atoms with Crippen molar-refractivity contribution in [2.75, 3.05) is 7.11 Å². The smallest absolute Gasteiger partial charge is 0.306 e. The number of hydrogen-bond donors (Lipinski definition) is 1. The number of phenolic OH excluding ortho intramolecular Hbond substituents is 1. The molecule has 3 rings (SSSR count). The van der Waals surface area contributed by atoms with E-state index in [1.165, 1.54) is 12.8 Å². The molecular formula is C14H15NO3. The summed E-state index contributed by atoms with van der Waals surface area (Å²) in [6, 6.07) is 7.45. The van der Waals surface area contributed by atoms with Gasteiger partial charge in [0.15, 0.2) is 0 Å². The molecule has 1 aliphatic heterocycles. The fraction of sp³-hybridized carbons (Fsp3) is 0.357. The zero-order chi connectivity index (χ0) is 12.7. The van der Waals surface area contributed by atoms with Crippen LogP contribution < -0.4 is 0 Å². The third kappa shape index (κ3) is 1.65. The quantitative estimate of drug-likeness (QED) is 0.826. The fourth-order valence-corrected chi connectivity index (χ4v) is 2.79. The Bertz CT molecular complexity index is 615. The Hall–Kier alpha value is -1.97. The normalized spacial score (nSPS) is 17.9. The van der Waals surface area contributed by atoms with Gasteiger partial charge in [-0.15, -0.1) is 0 Å². The molecule has 0 amide bonds. The molecule has 0 fully saturated rings. The first kappa shape index (κ1) is 11.1.